The van der Waals surface area contributed by atoms with E-state index in [1.165, 1.54) is 6.42 Å². The van der Waals surface area contributed by atoms with Crippen LogP contribution in [0.4, 0.5) is 0 Å². The molecule has 1 saturated carbocycles. The lowest BCUT2D eigenvalue weighted by Gasteiger charge is -2.34. The van der Waals surface area contributed by atoms with E-state index in [2.05, 4.69) is 0 Å². The summed E-state index contributed by atoms with van der Waals surface area (Å²) >= 11 is 0. The van der Waals surface area contributed by atoms with Gasteiger partial charge in [-0.05, 0) is 43.4 Å². The minimum atomic E-state index is -0.899. The summed E-state index contributed by atoms with van der Waals surface area (Å²) in [6, 6.07) is 15.7. The van der Waals surface area contributed by atoms with Crippen molar-refractivity contribution in [2.45, 2.75) is 51.4 Å². The molecular weight excluding hydrogens is 394 g/mol. The molecule has 1 unspecified atom stereocenters. The number of hydrogen-bond acceptors (Lipinski definition) is 4. The molecule has 4 N–H and O–H groups in total. The van der Waals surface area contributed by atoms with Gasteiger partial charge in [-0.2, -0.15) is 0 Å². The van der Waals surface area contributed by atoms with Crippen LogP contribution in [0.15, 0.2) is 54.6 Å². The van der Waals surface area contributed by atoms with Crippen LogP contribution in [0.3, 0.4) is 0 Å². The van der Waals surface area contributed by atoms with E-state index in [-0.39, 0.29) is 17.6 Å². The van der Waals surface area contributed by atoms with Gasteiger partial charge in [0.05, 0.1) is 12.3 Å². The highest BCUT2D eigenvalue weighted by molar-refractivity contribution is 6.09. The smallest absolute Gasteiger partial charge is 0.310 e. The van der Waals surface area contributed by atoms with Crippen LogP contribution in [-0.4, -0.2) is 34.5 Å². The molecule has 1 aliphatic carbocycles. The van der Waals surface area contributed by atoms with Crippen molar-refractivity contribution in [3.8, 4) is 0 Å². The molecule has 2 aromatic rings. The molecule has 0 radical (unpaired) electrons. The Bertz CT molecular complexity index is 888. The van der Waals surface area contributed by atoms with Crippen molar-refractivity contribution >= 4 is 17.7 Å². The van der Waals surface area contributed by atoms with Gasteiger partial charge in [-0.3, -0.25) is 14.4 Å². The Kier molecular flexibility index (Phi) is 8.94. The van der Waals surface area contributed by atoms with E-state index in [9.17, 15) is 14.4 Å². The predicted molar refractivity (Wildman–Crippen MR) is 119 cm³/mol. The third kappa shape index (κ3) is 7.03. The van der Waals surface area contributed by atoms with E-state index in [0.29, 0.717) is 23.2 Å². The summed E-state index contributed by atoms with van der Waals surface area (Å²) in [5.41, 5.74) is 7.29. The zero-order chi connectivity index (χ0) is 22.9. The number of carboxylic acids is 2. The zero-order valence-electron chi connectivity index (χ0n) is 17.9. The summed E-state index contributed by atoms with van der Waals surface area (Å²) in [7, 11) is 0. The van der Waals surface area contributed by atoms with E-state index in [0.717, 1.165) is 25.7 Å². The van der Waals surface area contributed by atoms with Crippen LogP contribution in [0.5, 0.6) is 0 Å². The van der Waals surface area contributed by atoms with Crippen LogP contribution in [0.25, 0.3) is 0 Å². The maximum atomic E-state index is 12.2. The second-order valence-corrected chi connectivity index (χ2v) is 8.22. The first kappa shape index (κ1) is 24.3. The van der Waals surface area contributed by atoms with Gasteiger partial charge >= 0.3 is 11.9 Å². The monoisotopic (exact) mass is 425 g/mol. The minimum Gasteiger partial charge on any atom is -0.481 e. The van der Waals surface area contributed by atoms with Crippen LogP contribution in [0.2, 0.25) is 0 Å². The summed E-state index contributed by atoms with van der Waals surface area (Å²) in [6.07, 6.45) is 5.77. The number of rotatable bonds is 7. The standard InChI is InChI=1S/C16H14O3.C9H17NO2/c1-11(16(18)19)13-8-5-9-14(10-13)15(17)12-6-3-2-4-7-12;10-7-9(6-8(11)12)4-2-1-3-5-9/h2-11H,1H3,(H,18,19);1-7,10H2,(H,11,12). The second-order valence-electron chi connectivity index (χ2n) is 8.22. The molecule has 0 aliphatic heterocycles. The third-order valence-corrected chi connectivity index (χ3v) is 5.93. The maximum Gasteiger partial charge on any atom is 0.310 e. The lowest BCUT2D eigenvalue weighted by Crippen LogP contribution is -2.34. The van der Waals surface area contributed by atoms with Crippen molar-refractivity contribution in [2.75, 3.05) is 6.54 Å². The summed E-state index contributed by atoms with van der Waals surface area (Å²) in [5.74, 6) is -2.32. The normalized spacial score (nSPS) is 15.8. The average molecular weight is 426 g/mol. The average Bonchev–Trinajstić information content (AvgIpc) is 2.79. The van der Waals surface area contributed by atoms with E-state index < -0.39 is 17.9 Å². The lowest BCUT2D eigenvalue weighted by molar-refractivity contribution is -0.140. The van der Waals surface area contributed by atoms with Crippen molar-refractivity contribution in [1.82, 2.24) is 0 Å². The largest absolute Gasteiger partial charge is 0.481 e. The van der Waals surface area contributed by atoms with Gasteiger partial charge in [0, 0.05) is 11.1 Å². The Labute approximate surface area is 183 Å². The molecule has 0 saturated heterocycles. The zero-order valence-corrected chi connectivity index (χ0v) is 17.9. The Balaban J connectivity index is 0.000000245. The summed E-state index contributed by atoms with van der Waals surface area (Å²) < 4.78 is 0. The number of benzene rings is 2. The first-order valence-electron chi connectivity index (χ1n) is 10.6. The highest BCUT2D eigenvalue weighted by Gasteiger charge is 2.32. The molecule has 6 heteroatoms. The Morgan fingerprint density at radius 2 is 1.55 bits per heavy atom. The molecular formula is C25H31NO5. The molecule has 0 heterocycles. The van der Waals surface area contributed by atoms with Crippen molar-refractivity contribution in [2.24, 2.45) is 11.1 Å². The molecule has 31 heavy (non-hydrogen) atoms. The van der Waals surface area contributed by atoms with E-state index in [1.54, 1.807) is 55.5 Å². The first-order chi connectivity index (χ1) is 14.8. The number of nitrogens with two attached hydrogens (primary N) is 1. The van der Waals surface area contributed by atoms with Gasteiger partial charge in [0.15, 0.2) is 5.78 Å². The van der Waals surface area contributed by atoms with Crippen LogP contribution in [0.1, 0.15) is 72.9 Å². The molecule has 0 amide bonds. The molecule has 2 aromatic carbocycles. The number of aliphatic carboxylic acids is 2. The number of carbonyl (C=O) groups excluding carboxylic acids is 1. The topological polar surface area (TPSA) is 118 Å². The fourth-order valence-corrected chi connectivity index (χ4v) is 3.92. The molecule has 0 aromatic heterocycles. The SMILES string of the molecule is CC(C(=O)O)c1cccc(C(=O)c2ccccc2)c1.NCC1(CC(=O)O)CCCCC1. The van der Waals surface area contributed by atoms with E-state index >= 15 is 0 Å². The van der Waals surface area contributed by atoms with E-state index in [4.69, 9.17) is 15.9 Å². The number of carbonyl (C=O) groups is 3. The Morgan fingerprint density at radius 1 is 0.935 bits per heavy atom. The van der Waals surface area contributed by atoms with Crippen LogP contribution >= 0.6 is 0 Å². The molecule has 0 spiro atoms. The van der Waals surface area contributed by atoms with Gasteiger partial charge in [0.2, 0.25) is 0 Å². The van der Waals surface area contributed by atoms with Gasteiger partial charge < -0.3 is 15.9 Å². The first-order valence-corrected chi connectivity index (χ1v) is 10.6. The summed E-state index contributed by atoms with van der Waals surface area (Å²) in [6.45, 7) is 2.13. The number of hydrogen-bond donors (Lipinski definition) is 3. The van der Waals surface area contributed by atoms with Crippen LogP contribution in [-0.2, 0) is 9.59 Å². The van der Waals surface area contributed by atoms with Gasteiger partial charge in [-0.25, -0.2) is 0 Å². The molecule has 0 bridgehead atoms. The number of ketones is 1. The van der Waals surface area contributed by atoms with Crippen molar-refractivity contribution in [3.63, 3.8) is 0 Å². The fourth-order valence-electron chi connectivity index (χ4n) is 3.92. The molecule has 1 fully saturated rings. The van der Waals surface area contributed by atoms with Crippen LogP contribution < -0.4 is 5.73 Å². The Hall–Kier alpha value is -2.99. The summed E-state index contributed by atoms with van der Waals surface area (Å²) in [5, 5.41) is 17.7. The van der Waals surface area contributed by atoms with Crippen molar-refractivity contribution in [1.29, 1.82) is 0 Å². The van der Waals surface area contributed by atoms with Gasteiger partial charge in [0.1, 0.15) is 0 Å². The van der Waals surface area contributed by atoms with Gasteiger partial charge in [-0.1, -0.05) is 67.8 Å². The van der Waals surface area contributed by atoms with Crippen molar-refractivity contribution in [3.05, 3.63) is 71.3 Å². The fraction of sp³-hybridized carbons (Fsp3) is 0.400. The third-order valence-electron chi connectivity index (χ3n) is 5.93. The molecule has 6 nitrogen and oxygen atoms in total. The summed E-state index contributed by atoms with van der Waals surface area (Å²) in [4.78, 5) is 33.8. The molecule has 1 aliphatic rings. The Morgan fingerprint density at radius 3 is 2.10 bits per heavy atom. The van der Waals surface area contributed by atoms with E-state index in [1.807, 2.05) is 6.07 Å². The quantitative estimate of drug-likeness (QED) is 0.563. The maximum absolute atomic E-state index is 12.2. The van der Waals surface area contributed by atoms with Gasteiger partial charge in [0.25, 0.3) is 0 Å². The lowest BCUT2D eigenvalue weighted by atomic mass is 9.72. The second kappa shape index (κ2) is 11.4. The molecule has 1 atom stereocenters. The molecule has 166 valence electrons. The van der Waals surface area contributed by atoms with Crippen molar-refractivity contribution < 1.29 is 24.6 Å². The number of carboxylic acid groups (broad SMARTS) is 2. The van der Waals surface area contributed by atoms with Gasteiger partial charge in [-0.15, -0.1) is 0 Å². The minimum absolute atomic E-state index is 0.0793. The van der Waals surface area contributed by atoms with Crippen LogP contribution in [0, 0.1) is 5.41 Å². The highest BCUT2D eigenvalue weighted by atomic mass is 16.4. The highest BCUT2D eigenvalue weighted by Crippen LogP contribution is 2.38. The molecule has 3 rings (SSSR count). The predicted octanol–water partition coefficient (Wildman–Crippen LogP) is 4.48.